The minimum Gasteiger partial charge on any atom is -0.384 e. The van der Waals surface area contributed by atoms with E-state index in [-0.39, 0.29) is 33.1 Å². The van der Waals surface area contributed by atoms with Crippen molar-refractivity contribution in [3.8, 4) is 0 Å². The second-order valence-corrected chi connectivity index (χ2v) is 8.09. The smallest absolute Gasteiger partial charge is 0.288 e. The summed E-state index contributed by atoms with van der Waals surface area (Å²) in [5.41, 5.74) is 6.39. The molecule has 0 radical (unpaired) electrons. The maximum Gasteiger partial charge on any atom is 0.288 e. The predicted molar refractivity (Wildman–Crippen MR) is 102 cm³/mol. The number of nitrogens with zero attached hydrogens (tertiary/aromatic N) is 2. The third-order valence-electron chi connectivity index (χ3n) is 4.44. The molecule has 3 N–H and O–H groups in total. The Morgan fingerprint density at radius 2 is 1.75 bits per heavy atom. The van der Waals surface area contributed by atoms with Crippen molar-refractivity contribution in [2.24, 2.45) is 0 Å². The number of hydrogen-bond donors (Lipinski definition) is 2. The number of halogens is 1. The number of benzene rings is 2. The van der Waals surface area contributed by atoms with Crippen LogP contribution >= 0.6 is 0 Å². The van der Waals surface area contributed by atoms with Gasteiger partial charge in [0.1, 0.15) is 22.0 Å². The summed E-state index contributed by atoms with van der Waals surface area (Å²) in [5, 5.41) is 6.17. The van der Waals surface area contributed by atoms with Crippen LogP contribution in [0.2, 0.25) is 0 Å². The molecule has 28 heavy (non-hydrogen) atoms. The molecule has 2 aromatic heterocycles. The van der Waals surface area contributed by atoms with Gasteiger partial charge < -0.3 is 10.3 Å². The molecule has 0 saturated carbocycles. The van der Waals surface area contributed by atoms with E-state index < -0.39 is 21.2 Å². The zero-order chi connectivity index (χ0) is 19.9. The van der Waals surface area contributed by atoms with Gasteiger partial charge in [0.15, 0.2) is 0 Å². The highest BCUT2D eigenvalue weighted by Crippen LogP contribution is 2.34. The number of sulfone groups is 1. The fraction of sp³-hybridized carbons (Fsp3) is 0.0526. The van der Waals surface area contributed by atoms with Gasteiger partial charge in [-0.3, -0.25) is 4.79 Å². The van der Waals surface area contributed by atoms with Gasteiger partial charge in [-0.25, -0.2) is 17.9 Å². The Bertz CT molecular complexity index is 1330. The molecule has 2 aromatic carbocycles. The maximum absolute atomic E-state index is 13.2. The first-order valence-electron chi connectivity index (χ1n) is 8.29. The Morgan fingerprint density at radius 3 is 2.43 bits per heavy atom. The summed E-state index contributed by atoms with van der Waals surface area (Å²) in [7, 11) is -3.99. The molecule has 4 rings (SSSR count). The largest absolute Gasteiger partial charge is 0.384 e. The van der Waals surface area contributed by atoms with E-state index in [1.54, 1.807) is 30.3 Å². The van der Waals surface area contributed by atoms with Crippen molar-refractivity contribution in [2.45, 2.75) is 16.3 Å². The van der Waals surface area contributed by atoms with Gasteiger partial charge in [-0.1, -0.05) is 30.3 Å². The number of fused-ring (bicyclic) bond motifs is 1. The summed E-state index contributed by atoms with van der Waals surface area (Å²) in [6, 6.07) is 13.5. The standard InChI is InChI=1S/C19H15FN4O3S/c20-13-8-6-12(7-9-13)11-24-16-15(10-22-23-19(16)25)17(18(24)21)28(26,27)14-4-2-1-3-5-14/h1-10H,11,21H2,(H,23,25). The van der Waals surface area contributed by atoms with Crippen molar-refractivity contribution in [1.29, 1.82) is 0 Å². The first kappa shape index (κ1) is 17.9. The number of aromatic amines is 1. The first-order chi connectivity index (χ1) is 13.4. The lowest BCUT2D eigenvalue weighted by Crippen LogP contribution is -2.14. The lowest BCUT2D eigenvalue weighted by Gasteiger charge is -2.09. The quantitative estimate of drug-likeness (QED) is 0.548. The van der Waals surface area contributed by atoms with Crippen LogP contribution in [0.1, 0.15) is 5.56 Å². The van der Waals surface area contributed by atoms with Gasteiger partial charge in [0.05, 0.1) is 11.1 Å². The molecule has 0 amide bonds. The second-order valence-electron chi connectivity index (χ2n) is 6.20. The van der Waals surface area contributed by atoms with E-state index in [0.717, 1.165) is 0 Å². The normalized spacial score (nSPS) is 11.8. The number of H-pyrrole nitrogens is 1. The molecule has 0 bridgehead atoms. The molecule has 0 aliphatic heterocycles. The fourth-order valence-corrected chi connectivity index (χ4v) is 4.72. The molecule has 4 aromatic rings. The highest BCUT2D eigenvalue weighted by molar-refractivity contribution is 7.92. The van der Waals surface area contributed by atoms with Crippen LogP contribution in [0.4, 0.5) is 10.2 Å². The van der Waals surface area contributed by atoms with Crippen LogP contribution in [0.3, 0.4) is 0 Å². The molecule has 2 heterocycles. The van der Waals surface area contributed by atoms with Crippen molar-refractivity contribution in [1.82, 2.24) is 14.8 Å². The maximum atomic E-state index is 13.2. The topological polar surface area (TPSA) is 111 Å². The molecule has 0 aliphatic carbocycles. The van der Waals surface area contributed by atoms with Crippen LogP contribution in [0.25, 0.3) is 10.9 Å². The van der Waals surface area contributed by atoms with E-state index >= 15 is 0 Å². The SMILES string of the molecule is Nc1c(S(=O)(=O)c2ccccc2)c2cn[nH]c(=O)c2n1Cc1ccc(F)cc1. The summed E-state index contributed by atoms with van der Waals surface area (Å²) < 4.78 is 41.0. The van der Waals surface area contributed by atoms with Crippen molar-refractivity contribution >= 4 is 26.6 Å². The lowest BCUT2D eigenvalue weighted by molar-refractivity contribution is 0.597. The minimum absolute atomic E-state index is 0.0582. The number of nitrogens with one attached hydrogen (secondary N) is 1. The van der Waals surface area contributed by atoms with E-state index in [0.29, 0.717) is 5.56 Å². The van der Waals surface area contributed by atoms with Crippen molar-refractivity contribution in [3.05, 3.63) is 82.5 Å². The number of rotatable bonds is 4. The third-order valence-corrected chi connectivity index (χ3v) is 6.30. The molecule has 0 unspecified atom stereocenters. The summed E-state index contributed by atoms with van der Waals surface area (Å²) >= 11 is 0. The van der Waals surface area contributed by atoms with E-state index in [4.69, 9.17) is 5.73 Å². The Balaban J connectivity index is 1.99. The predicted octanol–water partition coefficient (Wildman–Crippen LogP) is 2.33. The highest BCUT2D eigenvalue weighted by Gasteiger charge is 2.29. The molecular formula is C19H15FN4O3S. The summed E-state index contributed by atoms with van der Waals surface area (Å²) in [6.45, 7) is 0.0972. The zero-order valence-electron chi connectivity index (χ0n) is 14.5. The Morgan fingerprint density at radius 1 is 1.07 bits per heavy atom. The molecule has 0 aliphatic rings. The van der Waals surface area contributed by atoms with Crippen molar-refractivity contribution in [2.75, 3.05) is 5.73 Å². The lowest BCUT2D eigenvalue weighted by atomic mass is 10.2. The van der Waals surface area contributed by atoms with E-state index in [9.17, 15) is 17.6 Å². The Kier molecular flexibility index (Phi) is 4.23. The van der Waals surface area contributed by atoms with Gasteiger partial charge in [0, 0.05) is 11.9 Å². The molecule has 142 valence electrons. The van der Waals surface area contributed by atoms with Crippen molar-refractivity contribution in [3.63, 3.8) is 0 Å². The van der Waals surface area contributed by atoms with Crippen LogP contribution in [0.15, 0.2) is 75.4 Å². The van der Waals surface area contributed by atoms with Crippen LogP contribution in [0, 0.1) is 5.82 Å². The molecule has 9 heteroatoms. The minimum atomic E-state index is -3.99. The Labute approximate surface area is 159 Å². The molecular weight excluding hydrogens is 383 g/mol. The third kappa shape index (κ3) is 2.85. The summed E-state index contributed by atoms with van der Waals surface area (Å²) in [5.74, 6) is -0.481. The number of aromatic nitrogens is 3. The molecule has 0 saturated heterocycles. The molecule has 0 spiro atoms. The van der Waals surface area contributed by atoms with Gasteiger partial charge in [-0.15, -0.1) is 0 Å². The number of hydrogen-bond acceptors (Lipinski definition) is 5. The van der Waals surface area contributed by atoms with E-state index in [1.807, 2.05) is 0 Å². The number of anilines is 1. The van der Waals surface area contributed by atoms with Crippen molar-refractivity contribution < 1.29 is 12.8 Å². The monoisotopic (exact) mass is 398 g/mol. The highest BCUT2D eigenvalue weighted by atomic mass is 32.2. The molecule has 7 nitrogen and oxygen atoms in total. The average Bonchev–Trinajstić information content (AvgIpc) is 2.97. The van der Waals surface area contributed by atoms with Gasteiger partial charge in [0.2, 0.25) is 9.84 Å². The average molecular weight is 398 g/mol. The fourth-order valence-electron chi connectivity index (χ4n) is 3.14. The van der Waals surface area contributed by atoms with Gasteiger partial charge in [0.25, 0.3) is 5.56 Å². The van der Waals surface area contributed by atoms with E-state index in [2.05, 4.69) is 10.2 Å². The number of nitrogens with two attached hydrogens (primary N) is 1. The molecule has 0 atom stereocenters. The first-order valence-corrected chi connectivity index (χ1v) is 9.78. The van der Waals surface area contributed by atoms with Gasteiger partial charge in [-0.05, 0) is 29.8 Å². The van der Waals surface area contributed by atoms with Gasteiger partial charge >= 0.3 is 0 Å². The summed E-state index contributed by atoms with van der Waals surface area (Å²) in [6.07, 6.45) is 1.27. The second kappa shape index (κ2) is 6.61. The van der Waals surface area contributed by atoms with Crippen LogP contribution < -0.4 is 11.3 Å². The molecule has 0 fully saturated rings. The summed E-state index contributed by atoms with van der Waals surface area (Å²) in [4.78, 5) is 12.3. The van der Waals surface area contributed by atoms with Crippen LogP contribution in [-0.2, 0) is 16.4 Å². The van der Waals surface area contributed by atoms with Gasteiger partial charge in [-0.2, -0.15) is 5.10 Å². The Hall–Kier alpha value is -3.46. The van der Waals surface area contributed by atoms with Crippen LogP contribution in [0.5, 0.6) is 0 Å². The number of nitrogen functional groups attached to an aromatic ring is 1. The van der Waals surface area contributed by atoms with Crippen LogP contribution in [-0.4, -0.2) is 23.2 Å². The zero-order valence-corrected chi connectivity index (χ0v) is 15.3. The van der Waals surface area contributed by atoms with E-state index in [1.165, 1.54) is 35.0 Å².